The maximum atomic E-state index is 14.4. The van der Waals surface area contributed by atoms with Crippen LogP contribution in [-0.4, -0.2) is 51.6 Å². The Morgan fingerprint density at radius 2 is 1.83 bits per heavy atom. The van der Waals surface area contributed by atoms with Crippen molar-refractivity contribution in [3.8, 4) is 5.88 Å². The minimum Gasteiger partial charge on any atom is -0.480 e. The van der Waals surface area contributed by atoms with Gasteiger partial charge in [0.05, 0.1) is 5.39 Å². The number of nitrogens with one attached hydrogen (secondary N) is 1. The summed E-state index contributed by atoms with van der Waals surface area (Å²) in [5.41, 5.74) is -1.75. The molecule has 1 heterocycles. The molecule has 2 rings (SSSR count). The molecule has 0 bridgehead atoms. The van der Waals surface area contributed by atoms with Gasteiger partial charge in [-0.05, 0) is 46.8 Å². The summed E-state index contributed by atoms with van der Waals surface area (Å²) in [5.74, 6) is -1.69. The summed E-state index contributed by atoms with van der Waals surface area (Å²) in [5, 5.41) is 12.2. The molecule has 0 atom stereocenters. The van der Waals surface area contributed by atoms with Crippen molar-refractivity contribution >= 4 is 28.7 Å². The highest BCUT2D eigenvalue weighted by atomic mass is 19.1. The molecule has 10 heteroatoms. The molecule has 1 aromatic carbocycles. The molecule has 29 heavy (non-hydrogen) atoms. The lowest BCUT2D eigenvalue weighted by Gasteiger charge is -2.22. The van der Waals surface area contributed by atoms with Gasteiger partial charge in [0.1, 0.15) is 36.2 Å². The number of hydrogen-bond donors (Lipinski definition) is 2. The number of hydrogen-bond acceptors (Lipinski definition) is 8. The highest BCUT2D eigenvalue weighted by Crippen LogP contribution is 2.28. The molecule has 0 amide bonds. The molecule has 2 aromatic rings. The van der Waals surface area contributed by atoms with Crippen molar-refractivity contribution < 1.29 is 33.3 Å². The van der Waals surface area contributed by atoms with Crippen molar-refractivity contribution in [2.24, 2.45) is 0 Å². The quantitative estimate of drug-likeness (QED) is 0.524. The van der Waals surface area contributed by atoms with Crippen LogP contribution in [-0.2, 0) is 14.3 Å². The molecule has 0 aliphatic rings. The first kappa shape index (κ1) is 22.1. The van der Waals surface area contributed by atoms with E-state index < -0.39 is 29.1 Å². The van der Waals surface area contributed by atoms with E-state index in [1.165, 1.54) is 19.9 Å². The number of halogens is 1. The van der Waals surface area contributed by atoms with E-state index in [0.717, 1.165) is 12.4 Å². The Kier molecular flexibility index (Phi) is 6.45. The molecular weight excluding hydrogens is 385 g/mol. The summed E-state index contributed by atoms with van der Waals surface area (Å²) in [6, 6.07) is 2.64. The van der Waals surface area contributed by atoms with Gasteiger partial charge in [0.15, 0.2) is 5.82 Å². The van der Waals surface area contributed by atoms with Crippen LogP contribution in [0.25, 0.3) is 10.9 Å². The average Bonchev–Trinajstić information content (AvgIpc) is 2.57. The number of aromatic nitrogens is 2. The van der Waals surface area contributed by atoms with Gasteiger partial charge in [-0.3, -0.25) is 0 Å². The second kappa shape index (κ2) is 8.46. The van der Waals surface area contributed by atoms with Crippen LogP contribution < -0.4 is 10.1 Å². The molecular formula is C19H24FN3O6. The Morgan fingerprint density at radius 1 is 1.14 bits per heavy atom. The van der Waals surface area contributed by atoms with Crippen LogP contribution in [0.3, 0.4) is 0 Å². The van der Waals surface area contributed by atoms with Gasteiger partial charge in [0.2, 0.25) is 5.88 Å². The predicted octanol–water partition coefficient (Wildman–Crippen LogP) is 3.37. The number of carbonyl (C=O) groups excluding carboxylic acids is 1. The molecule has 0 saturated carbocycles. The molecule has 0 fully saturated rings. The lowest BCUT2D eigenvalue weighted by molar-refractivity contribution is -0.141. The number of benzene rings is 1. The number of ether oxygens (including phenoxy) is 3. The Balaban J connectivity index is 2.13. The van der Waals surface area contributed by atoms with Crippen molar-refractivity contribution in [2.45, 2.75) is 45.8 Å². The Morgan fingerprint density at radius 3 is 2.45 bits per heavy atom. The SMILES string of the molecule is CC(C)(C)OC(=O)OCCOc1ncnc2c(F)cc(NC(C)(C)C(=O)O)cc12. The molecule has 0 spiro atoms. The Bertz CT molecular complexity index is 911. The third-order valence-corrected chi connectivity index (χ3v) is 3.58. The summed E-state index contributed by atoms with van der Waals surface area (Å²) < 4.78 is 29.8. The molecule has 2 N–H and O–H groups in total. The van der Waals surface area contributed by atoms with Crippen LogP contribution in [0.15, 0.2) is 18.5 Å². The monoisotopic (exact) mass is 409 g/mol. The highest BCUT2D eigenvalue weighted by Gasteiger charge is 2.27. The van der Waals surface area contributed by atoms with Crippen molar-refractivity contribution in [3.63, 3.8) is 0 Å². The van der Waals surface area contributed by atoms with Crippen LogP contribution in [0.2, 0.25) is 0 Å². The normalized spacial score (nSPS) is 11.8. The molecule has 0 radical (unpaired) electrons. The fourth-order valence-electron chi connectivity index (χ4n) is 2.25. The number of aliphatic carboxylic acids is 1. The van der Waals surface area contributed by atoms with Gasteiger partial charge < -0.3 is 24.6 Å². The first-order chi connectivity index (χ1) is 13.4. The van der Waals surface area contributed by atoms with E-state index in [1.807, 2.05) is 0 Å². The minimum atomic E-state index is -1.32. The maximum absolute atomic E-state index is 14.4. The number of nitrogens with zero attached hydrogens (tertiary/aromatic N) is 2. The third-order valence-electron chi connectivity index (χ3n) is 3.58. The van der Waals surface area contributed by atoms with Crippen LogP contribution in [0.5, 0.6) is 5.88 Å². The first-order valence-electron chi connectivity index (χ1n) is 8.83. The topological polar surface area (TPSA) is 120 Å². The largest absolute Gasteiger partial charge is 0.508 e. The number of carboxylic acids is 1. The van der Waals surface area contributed by atoms with E-state index in [0.29, 0.717) is 0 Å². The number of anilines is 1. The van der Waals surface area contributed by atoms with Gasteiger partial charge in [0, 0.05) is 5.69 Å². The standard InChI is InChI=1S/C19H24FN3O6/c1-18(2,3)29-17(26)28-7-6-27-15-12-8-11(23-19(4,5)16(24)25)9-13(20)14(12)21-10-22-15/h8-10,23H,6-7H2,1-5H3,(H,24,25). The van der Waals surface area contributed by atoms with Crippen LogP contribution in [0.4, 0.5) is 14.9 Å². The fourth-order valence-corrected chi connectivity index (χ4v) is 2.25. The van der Waals surface area contributed by atoms with E-state index in [-0.39, 0.29) is 35.7 Å². The van der Waals surface area contributed by atoms with Gasteiger partial charge in [-0.25, -0.2) is 23.9 Å². The van der Waals surface area contributed by atoms with Gasteiger partial charge in [-0.1, -0.05) is 0 Å². The van der Waals surface area contributed by atoms with Crippen LogP contribution in [0.1, 0.15) is 34.6 Å². The maximum Gasteiger partial charge on any atom is 0.508 e. The molecule has 158 valence electrons. The van der Waals surface area contributed by atoms with E-state index in [9.17, 15) is 19.1 Å². The minimum absolute atomic E-state index is 0.0155. The zero-order chi connectivity index (χ0) is 21.8. The first-order valence-corrected chi connectivity index (χ1v) is 8.83. The lowest BCUT2D eigenvalue weighted by Crippen LogP contribution is -2.39. The van der Waals surface area contributed by atoms with E-state index in [4.69, 9.17) is 14.2 Å². The second-order valence-electron chi connectivity index (χ2n) is 7.75. The second-order valence-corrected chi connectivity index (χ2v) is 7.75. The molecule has 9 nitrogen and oxygen atoms in total. The van der Waals surface area contributed by atoms with Gasteiger partial charge in [-0.15, -0.1) is 0 Å². The van der Waals surface area contributed by atoms with E-state index in [2.05, 4.69) is 15.3 Å². The van der Waals surface area contributed by atoms with Gasteiger partial charge in [0.25, 0.3) is 0 Å². The summed E-state index contributed by atoms with van der Waals surface area (Å²) in [7, 11) is 0. The highest BCUT2D eigenvalue weighted by molar-refractivity contribution is 5.89. The van der Waals surface area contributed by atoms with Gasteiger partial charge in [-0.2, -0.15) is 0 Å². The summed E-state index contributed by atoms with van der Waals surface area (Å²) >= 11 is 0. The van der Waals surface area contributed by atoms with Crippen molar-refractivity contribution in [1.29, 1.82) is 0 Å². The Hall–Kier alpha value is -3.17. The smallest absolute Gasteiger partial charge is 0.480 e. The number of fused-ring (bicyclic) bond motifs is 1. The predicted molar refractivity (Wildman–Crippen MR) is 103 cm³/mol. The summed E-state index contributed by atoms with van der Waals surface area (Å²) in [6.07, 6.45) is 0.311. The molecule has 0 saturated heterocycles. The van der Waals surface area contributed by atoms with Crippen molar-refractivity contribution in [2.75, 3.05) is 18.5 Å². The van der Waals surface area contributed by atoms with Crippen LogP contribution >= 0.6 is 0 Å². The van der Waals surface area contributed by atoms with Gasteiger partial charge >= 0.3 is 12.1 Å². The van der Waals surface area contributed by atoms with Crippen molar-refractivity contribution in [3.05, 3.63) is 24.3 Å². The number of carboxylic acid groups (broad SMARTS) is 1. The zero-order valence-corrected chi connectivity index (χ0v) is 16.9. The molecule has 1 aromatic heterocycles. The van der Waals surface area contributed by atoms with Crippen molar-refractivity contribution in [1.82, 2.24) is 9.97 Å². The van der Waals surface area contributed by atoms with E-state index in [1.54, 1.807) is 20.8 Å². The molecule has 0 aliphatic heterocycles. The fraction of sp³-hybridized carbons (Fsp3) is 0.474. The Labute approximate surface area is 167 Å². The number of carbonyl (C=O) groups is 2. The zero-order valence-electron chi connectivity index (χ0n) is 16.9. The lowest BCUT2D eigenvalue weighted by atomic mass is 10.1. The number of rotatable bonds is 7. The van der Waals surface area contributed by atoms with Crippen LogP contribution in [0, 0.1) is 5.82 Å². The average molecular weight is 409 g/mol. The van der Waals surface area contributed by atoms with E-state index >= 15 is 0 Å². The third kappa shape index (κ3) is 6.16. The molecule has 0 aliphatic carbocycles. The summed E-state index contributed by atoms with van der Waals surface area (Å²) in [4.78, 5) is 30.7. The summed E-state index contributed by atoms with van der Waals surface area (Å²) in [6.45, 7) is 7.88. The molecule has 0 unspecified atom stereocenters.